The van der Waals surface area contributed by atoms with Crippen LogP contribution in [0.3, 0.4) is 0 Å². The third kappa shape index (κ3) is 6.32. The molecule has 1 N–H and O–H groups in total. The third-order valence-corrected chi connectivity index (χ3v) is 9.82. The fraction of sp³-hybridized carbons (Fsp3) is 0.793. The van der Waals surface area contributed by atoms with E-state index in [9.17, 15) is 8.42 Å². The smallest absolute Gasteiger partial charge is 0.261 e. The van der Waals surface area contributed by atoms with Gasteiger partial charge in [-0.2, -0.15) is 18.2 Å². The lowest BCUT2D eigenvalue weighted by molar-refractivity contribution is -0.390. The lowest BCUT2D eigenvalue weighted by Gasteiger charge is -2.57. The number of morpholine rings is 1. The maximum absolute atomic E-state index is 9.19. The van der Waals surface area contributed by atoms with Gasteiger partial charge in [0.15, 0.2) is 0 Å². The highest BCUT2D eigenvalue weighted by molar-refractivity contribution is 7.85. The molecule has 7 aliphatic rings. The number of nitrogens with zero attached hydrogens (tertiary/aromatic N) is 1. The molecule has 0 amide bonds. The summed E-state index contributed by atoms with van der Waals surface area (Å²) < 4.78 is 44.2. The van der Waals surface area contributed by atoms with Crippen LogP contribution >= 0.6 is 0 Å². The summed E-state index contributed by atoms with van der Waals surface area (Å²) in [5, 5.41) is 0. The average molecular weight is 566 g/mol. The summed E-state index contributed by atoms with van der Waals surface area (Å²) in [6, 6.07) is 8.76. The molecule has 8 rings (SSSR count). The molecule has 2 aliphatic heterocycles. The molecule has 2 heterocycles. The predicted molar refractivity (Wildman–Crippen MR) is 144 cm³/mol. The highest BCUT2D eigenvalue weighted by Gasteiger charge is 2.66. The lowest BCUT2D eigenvalue weighted by Crippen LogP contribution is -2.59. The van der Waals surface area contributed by atoms with Crippen molar-refractivity contribution in [2.24, 2.45) is 23.7 Å². The molecule has 10 heteroatoms. The monoisotopic (exact) mass is 565 g/mol. The second-order valence-electron chi connectivity index (χ2n) is 12.6. The van der Waals surface area contributed by atoms with Crippen molar-refractivity contribution < 1.29 is 37.0 Å². The Morgan fingerprint density at radius 3 is 2.13 bits per heavy atom. The molecule has 0 aromatic heterocycles. The zero-order valence-electron chi connectivity index (χ0n) is 23.0. The molecule has 1 aromatic carbocycles. The summed E-state index contributed by atoms with van der Waals surface area (Å²) in [6.07, 6.45) is 11.3. The summed E-state index contributed by atoms with van der Waals surface area (Å²) in [6.45, 7) is 5.37. The number of hydrogen-bond donors (Lipinski definition) is 1. The van der Waals surface area contributed by atoms with Gasteiger partial charge in [-0.25, -0.2) is 0 Å². The van der Waals surface area contributed by atoms with Gasteiger partial charge in [0.25, 0.3) is 10.1 Å². The van der Waals surface area contributed by atoms with Gasteiger partial charge >= 0.3 is 0 Å². The van der Waals surface area contributed by atoms with Crippen LogP contribution < -0.4 is 4.74 Å². The van der Waals surface area contributed by atoms with Crippen LogP contribution in [0.4, 0.5) is 0 Å². The van der Waals surface area contributed by atoms with Crippen molar-refractivity contribution in [2.75, 3.05) is 45.7 Å². The molecule has 0 radical (unpaired) electrons. The molecular formula is C29H43NO8S. The number of benzene rings is 1. The van der Waals surface area contributed by atoms with Gasteiger partial charge < -0.3 is 14.2 Å². The minimum Gasteiger partial charge on any atom is -0.492 e. The highest BCUT2D eigenvalue weighted by atomic mass is 32.2. The molecule has 1 aromatic rings. The quantitative estimate of drug-likeness (QED) is 0.411. The van der Waals surface area contributed by atoms with E-state index in [0.29, 0.717) is 24.0 Å². The van der Waals surface area contributed by atoms with Crippen LogP contribution in [0.5, 0.6) is 5.75 Å². The third-order valence-electron chi connectivity index (χ3n) is 9.82. The Bertz CT molecular complexity index is 1040. The Morgan fingerprint density at radius 2 is 1.54 bits per heavy atom. The van der Waals surface area contributed by atoms with Gasteiger partial charge in [-0.15, -0.1) is 0 Å². The van der Waals surface area contributed by atoms with Crippen LogP contribution in [-0.2, 0) is 29.4 Å². The predicted octanol–water partition coefficient (Wildman–Crippen LogP) is 4.39. The first-order chi connectivity index (χ1) is 18.7. The van der Waals surface area contributed by atoms with Crippen LogP contribution in [0.15, 0.2) is 24.3 Å². The molecule has 2 spiro atoms. The van der Waals surface area contributed by atoms with Crippen LogP contribution in [-0.4, -0.2) is 75.2 Å². The van der Waals surface area contributed by atoms with Gasteiger partial charge in [0.2, 0.25) is 11.6 Å². The van der Waals surface area contributed by atoms with Crippen LogP contribution in [0.25, 0.3) is 0 Å². The zero-order valence-corrected chi connectivity index (χ0v) is 23.8. The Labute approximate surface area is 232 Å². The summed E-state index contributed by atoms with van der Waals surface area (Å²) >= 11 is 0. The summed E-state index contributed by atoms with van der Waals surface area (Å²) in [5.74, 6) is 3.43. The largest absolute Gasteiger partial charge is 0.492 e. The van der Waals surface area contributed by atoms with Crippen molar-refractivity contribution in [1.29, 1.82) is 0 Å². The van der Waals surface area contributed by atoms with Crippen LogP contribution in [0, 0.1) is 23.7 Å². The molecule has 4 bridgehead atoms. The summed E-state index contributed by atoms with van der Waals surface area (Å²) in [5.41, 5.74) is 1.40. The fourth-order valence-corrected chi connectivity index (χ4v) is 8.14. The molecule has 0 unspecified atom stereocenters. The molecule has 5 aliphatic carbocycles. The van der Waals surface area contributed by atoms with Crippen molar-refractivity contribution in [3.8, 4) is 5.75 Å². The van der Waals surface area contributed by atoms with Crippen molar-refractivity contribution >= 4 is 10.1 Å². The lowest BCUT2D eigenvalue weighted by atomic mass is 9.53. The number of hydrogen-bond acceptors (Lipinski definition) is 8. The molecule has 0 atom stereocenters. The van der Waals surface area contributed by atoms with Gasteiger partial charge in [-0.1, -0.05) is 12.1 Å². The first-order valence-electron chi connectivity index (χ1n) is 14.7. The second kappa shape index (κ2) is 11.2. The minimum absolute atomic E-state index is 0.444. The summed E-state index contributed by atoms with van der Waals surface area (Å²) in [4.78, 5) is 14.7. The molecule has 2 saturated heterocycles. The maximum atomic E-state index is 9.19. The molecule has 39 heavy (non-hydrogen) atoms. The van der Waals surface area contributed by atoms with E-state index in [1.807, 2.05) is 0 Å². The van der Waals surface area contributed by atoms with E-state index >= 15 is 0 Å². The Morgan fingerprint density at radius 1 is 0.949 bits per heavy atom. The van der Waals surface area contributed by atoms with E-state index in [1.54, 1.807) is 0 Å². The second-order valence-corrected chi connectivity index (χ2v) is 14.1. The van der Waals surface area contributed by atoms with E-state index in [1.165, 1.54) is 37.7 Å². The van der Waals surface area contributed by atoms with Crippen LogP contribution in [0.1, 0.15) is 69.3 Å². The standard InChI is InChI=1S/C28H39NO5.CH4O3S/c1-3-26(31-14-11-29-9-12-30-13-10-29)4-2-22(1)23-5-7-27(8-6-23)32-28(34-33-27)24-16-20-15-21(18-24)19-25(28)17-20;1-5(2,3)4/h1-4,20-21,23-25H,5-19H2;1H3,(H,2,3,4). The minimum atomic E-state index is -3.67. The normalized spacial score (nSPS) is 39.6. The van der Waals surface area contributed by atoms with E-state index in [4.69, 9.17) is 28.5 Å². The van der Waals surface area contributed by atoms with E-state index in [-0.39, 0.29) is 0 Å². The first kappa shape index (κ1) is 27.9. The van der Waals surface area contributed by atoms with Crippen molar-refractivity contribution in [1.82, 2.24) is 4.90 Å². The van der Waals surface area contributed by atoms with E-state index in [2.05, 4.69) is 29.2 Å². The molecular weight excluding hydrogens is 522 g/mol. The topological polar surface area (TPSA) is 104 Å². The van der Waals surface area contributed by atoms with Gasteiger partial charge in [0.1, 0.15) is 12.4 Å². The Kier molecular flexibility index (Phi) is 8.00. The van der Waals surface area contributed by atoms with Crippen molar-refractivity contribution in [3.05, 3.63) is 29.8 Å². The Balaban J connectivity index is 0.000000510. The molecule has 7 fully saturated rings. The average Bonchev–Trinajstić information content (AvgIpc) is 3.27. The van der Waals surface area contributed by atoms with Gasteiger partial charge in [0.05, 0.1) is 19.5 Å². The maximum Gasteiger partial charge on any atom is 0.261 e. The molecule has 9 nitrogen and oxygen atoms in total. The molecule has 5 saturated carbocycles. The summed E-state index contributed by atoms with van der Waals surface area (Å²) in [7, 11) is -3.67. The highest BCUT2D eigenvalue weighted by Crippen LogP contribution is 2.64. The van der Waals surface area contributed by atoms with Gasteiger partial charge in [0, 0.05) is 44.3 Å². The van der Waals surface area contributed by atoms with Gasteiger partial charge in [-0.05, 0) is 80.4 Å². The SMILES string of the molecule is CS(=O)(=O)O.c1cc(C2CCC3(CC2)OOC2(O3)C3CC4CC(C3)CC2C4)ccc1OCCN1CCOCC1. The van der Waals surface area contributed by atoms with Crippen LogP contribution in [0.2, 0.25) is 0 Å². The molecule has 218 valence electrons. The van der Waals surface area contributed by atoms with Crippen molar-refractivity contribution in [2.45, 2.75) is 75.3 Å². The fourth-order valence-electron chi connectivity index (χ4n) is 8.14. The number of rotatable bonds is 5. The van der Waals surface area contributed by atoms with E-state index < -0.39 is 21.7 Å². The van der Waals surface area contributed by atoms with E-state index in [0.717, 1.165) is 82.7 Å². The zero-order chi connectivity index (χ0) is 27.1. The van der Waals surface area contributed by atoms with Crippen molar-refractivity contribution in [3.63, 3.8) is 0 Å². The Hall–Kier alpha value is -1.27. The number of ether oxygens (including phenoxy) is 3. The van der Waals surface area contributed by atoms with Gasteiger partial charge in [-0.3, -0.25) is 9.45 Å². The first-order valence-corrected chi connectivity index (χ1v) is 16.6.